The third kappa shape index (κ3) is 7.62. The minimum atomic E-state index is -1.58. The number of aliphatic imine (C=N–C) groups is 1. The van der Waals surface area contributed by atoms with E-state index in [4.69, 9.17) is 23.2 Å². The molecule has 0 saturated carbocycles. The maximum absolute atomic E-state index is 12.5. The Bertz CT molecular complexity index is 967. The van der Waals surface area contributed by atoms with E-state index in [0.29, 0.717) is 9.92 Å². The summed E-state index contributed by atoms with van der Waals surface area (Å²) in [5, 5.41) is 6.46. The average Bonchev–Trinajstić information content (AvgIpc) is 3.24. The average molecular weight is 481 g/mol. The van der Waals surface area contributed by atoms with Crippen molar-refractivity contribution >= 4 is 56.7 Å². The van der Waals surface area contributed by atoms with E-state index in [1.54, 1.807) is 53.7 Å². The van der Waals surface area contributed by atoms with Crippen molar-refractivity contribution in [2.45, 2.75) is 11.8 Å². The van der Waals surface area contributed by atoms with Crippen molar-refractivity contribution in [1.82, 2.24) is 0 Å². The van der Waals surface area contributed by atoms with E-state index < -0.39 is 10.8 Å². The molecule has 0 spiro atoms. The Kier molecular flexibility index (Phi) is 12.1. The topological polar surface area (TPSA) is 84.7 Å². The number of anilines is 1. The van der Waals surface area contributed by atoms with Crippen LogP contribution in [-0.4, -0.2) is 16.7 Å². The Labute approximate surface area is 193 Å². The molecule has 4 N–H and O–H groups in total. The monoisotopic (exact) mass is 480 g/mol. The molecule has 0 bridgehead atoms. The van der Waals surface area contributed by atoms with Gasteiger partial charge in [0.25, 0.3) is 0 Å². The molecule has 0 fully saturated rings. The van der Waals surface area contributed by atoms with Crippen LogP contribution in [0.1, 0.15) is 12.5 Å². The summed E-state index contributed by atoms with van der Waals surface area (Å²) in [6.45, 7) is 8.87. The number of benzene rings is 1. The van der Waals surface area contributed by atoms with Crippen molar-refractivity contribution in [3.8, 4) is 0 Å². The van der Waals surface area contributed by atoms with Gasteiger partial charge in [-0.3, -0.25) is 0 Å². The number of hydrogen-bond donors (Lipinski definition) is 2. The summed E-state index contributed by atoms with van der Waals surface area (Å²) in [6.07, 6.45) is 9.21. The highest BCUT2D eigenvalue weighted by Crippen LogP contribution is 2.32. The number of rotatable bonds is 4. The number of thiophene rings is 1. The highest BCUT2D eigenvalue weighted by molar-refractivity contribution is 8.01. The first-order chi connectivity index (χ1) is 14.4. The molecule has 0 radical (unpaired) electrons. The van der Waals surface area contributed by atoms with E-state index in [9.17, 15) is 4.21 Å². The van der Waals surface area contributed by atoms with Gasteiger partial charge in [0, 0.05) is 21.7 Å². The summed E-state index contributed by atoms with van der Waals surface area (Å²) in [6, 6.07) is 8.63. The van der Waals surface area contributed by atoms with Crippen LogP contribution in [0.25, 0.3) is 0 Å². The molecule has 160 valence electrons. The summed E-state index contributed by atoms with van der Waals surface area (Å²) in [5.41, 5.74) is 6.91. The Balaban J connectivity index is 0.000000425. The van der Waals surface area contributed by atoms with Gasteiger partial charge in [-0.15, -0.1) is 23.1 Å². The van der Waals surface area contributed by atoms with Gasteiger partial charge in [0.05, 0.1) is 0 Å². The van der Waals surface area contributed by atoms with Crippen molar-refractivity contribution < 1.29 is 4.21 Å². The summed E-state index contributed by atoms with van der Waals surface area (Å²) in [7, 11) is -1.58. The maximum atomic E-state index is 12.5. The Morgan fingerprint density at radius 2 is 2.07 bits per heavy atom. The summed E-state index contributed by atoms with van der Waals surface area (Å²) < 4.78 is 12.5. The zero-order valence-corrected chi connectivity index (χ0v) is 20.0. The molecule has 0 saturated heterocycles. The van der Waals surface area contributed by atoms with E-state index in [-0.39, 0.29) is 10.9 Å². The van der Waals surface area contributed by atoms with Gasteiger partial charge >= 0.3 is 0 Å². The number of nitrogens with zero attached hydrogens (tertiary/aromatic N) is 2. The summed E-state index contributed by atoms with van der Waals surface area (Å²) in [4.78, 5) is 4.71. The van der Waals surface area contributed by atoms with Crippen LogP contribution in [0, 0.1) is 0 Å². The molecule has 2 aromatic rings. The normalized spacial score (nSPS) is 14.6. The predicted molar refractivity (Wildman–Crippen MR) is 136 cm³/mol. The van der Waals surface area contributed by atoms with Gasteiger partial charge in [-0.05, 0) is 48.2 Å². The highest BCUT2D eigenvalue weighted by atomic mass is 35.5. The number of nitrogens with two attached hydrogens (primary N) is 2. The summed E-state index contributed by atoms with van der Waals surface area (Å²) >= 11 is 8.99. The Hall–Kier alpha value is -2.10. The van der Waals surface area contributed by atoms with Crippen molar-refractivity contribution in [1.29, 1.82) is 0 Å². The number of thioether (sulfide) groups is 1. The van der Waals surface area contributed by atoms with Crippen molar-refractivity contribution in [2.75, 3.05) is 11.3 Å². The zero-order chi connectivity index (χ0) is 22.5. The van der Waals surface area contributed by atoms with E-state index >= 15 is 0 Å². The van der Waals surface area contributed by atoms with Gasteiger partial charge in [-0.2, -0.15) is 0 Å². The first kappa shape index (κ1) is 25.9. The first-order valence-corrected chi connectivity index (χ1v) is 12.3. The lowest BCUT2D eigenvalue weighted by Crippen LogP contribution is -2.34. The fraction of sp³-hybridized carbons (Fsp3) is 0.0952. The van der Waals surface area contributed by atoms with Gasteiger partial charge in [-0.1, -0.05) is 49.1 Å². The van der Waals surface area contributed by atoms with Crippen LogP contribution in [0.15, 0.2) is 93.2 Å². The molecule has 1 aromatic carbocycles. The van der Waals surface area contributed by atoms with Gasteiger partial charge in [0.1, 0.15) is 20.8 Å². The molecule has 0 amide bonds. The molecule has 1 aromatic heterocycles. The summed E-state index contributed by atoms with van der Waals surface area (Å²) in [5.74, 6) is 6.29. The fourth-order valence-corrected chi connectivity index (χ4v) is 4.07. The lowest BCUT2D eigenvalue weighted by atomic mass is 10.3. The molecule has 1 aliphatic rings. The van der Waals surface area contributed by atoms with Crippen LogP contribution in [0.5, 0.6) is 0 Å². The zero-order valence-electron chi connectivity index (χ0n) is 16.8. The predicted octanol–water partition coefficient (Wildman–Crippen LogP) is 5.65. The molecule has 5 nitrogen and oxygen atoms in total. The Morgan fingerprint density at radius 3 is 2.60 bits per heavy atom. The van der Waals surface area contributed by atoms with E-state index in [0.717, 1.165) is 10.6 Å². The number of fused-ring (bicyclic) bond motifs is 1. The van der Waals surface area contributed by atoms with Crippen molar-refractivity contribution in [3.05, 3.63) is 93.9 Å². The van der Waals surface area contributed by atoms with Crippen molar-refractivity contribution in [3.63, 3.8) is 0 Å². The number of hydrogen-bond acceptors (Lipinski definition) is 7. The smallest absolute Gasteiger partial charge is 0.181 e. The Morgan fingerprint density at radius 1 is 1.37 bits per heavy atom. The first-order valence-electron chi connectivity index (χ1n) is 8.62. The van der Waals surface area contributed by atoms with Crippen LogP contribution >= 0.6 is 34.7 Å². The number of allylic oxidation sites excluding steroid dienone is 3. The van der Waals surface area contributed by atoms with Crippen LogP contribution in [0.3, 0.4) is 0 Å². The third-order valence-electron chi connectivity index (χ3n) is 3.37. The van der Waals surface area contributed by atoms with Gasteiger partial charge in [-0.25, -0.2) is 20.1 Å². The largest absolute Gasteiger partial charge is 0.388 e. The lowest BCUT2D eigenvalue weighted by molar-refractivity contribution is 0.685. The van der Waals surface area contributed by atoms with Crippen LogP contribution < -0.4 is 16.6 Å². The lowest BCUT2D eigenvalue weighted by Gasteiger charge is -2.22. The van der Waals surface area contributed by atoms with Crippen LogP contribution in [0.2, 0.25) is 5.02 Å². The van der Waals surface area contributed by atoms with E-state index in [1.165, 1.54) is 16.3 Å². The van der Waals surface area contributed by atoms with E-state index in [2.05, 4.69) is 18.2 Å². The highest BCUT2D eigenvalue weighted by Gasteiger charge is 2.22. The SMILES string of the molecule is C=C/C=C\C.C=CSC.N/C(=C1/N=Cc2ccsc2N1N)S(=O)c1cccc(Cl)c1. The quantitative estimate of drug-likeness (QED) is 0.436. The molecule has 9 heteroatoms. The molecule has 1 atom stereocenters. The maximum Gasteiger partial charge on any atom is 0.181 e. The van der Waals surface area contributed by atoms with Gasteiger partial charge < -0.3 is 5.73 Å². The second-order valence-electron chi connectivity index (χ2n) is 5.39. The third-order valence-corrected chi connectivity index (χ3v) is 6.13. The molecular formula is C21H25ClN4OS3. The molecule has 30 heavy (non-hydrogen) atoms. The van der Waals surface area contributed by atoms with Gasteiger partial charge in [0.2, 0.25) is 0 Å². The molecule has 3 rings (SSSR count). The van der Waals surface area contributed by atoms with Crippen molar-refractivity contribution in [2.24, 2.45) is 16.6 Å². The minimum Gasteiger partial charge on any atom is -0.388 e. The molecule has 0 aliphatic carbocycles. The number of hydrazine groups is 1. The number of halogens is 1. The second kappa shape index (κ2) is 14.0. The van der Waals surface area contributed by atoms with E-state index in [1.807, 2.05) is 36.8 Å². The van der Waals surface area contributed by atoms with Crippen LogP contribution in [-0.2, 0) is 10.8 Å². The molecular weight excluding hydrogens is 456 g/mol. The standard InChI is InChI=1S/C13H11ClN4OS2.C5H8.C3H6S/c14-9-2-1-3-10(6-9)21(19)11(15)12-17-7-8-4-5-20-13(8)18(12)16;1-3-5-4-2;1-3-4-2/h1-7H,15-16H2;3-5H,1H2,2H3;3H,1H2,2H3/b12-11+;5-4-;. The molecule has 2 heterocycles. The van der Waals surface area contributed by atoms with Gasteiger partial charge in [0.15, 0.2) is 5.82 Å². The van der Waals surface area contributed by atoms with Crippen LogP contribution in [0.4, 0.5) is 5.00 Å². The molecule has 1 unspecified atom stereocenters. The fourth-order valence-electron chi connectivity index (χ4n) is 2.00. The minimum absolute atomic E-state index is 0.0927. The second-order valence-corrected chi connectivity index (χ2v) is 8.97. The molecule has 1 aliphatic heterocycles.